The zero-order valence-corrected chi connectivity index (χ0v) is 11.9. The fraction of sp³-hybridized carbons (Fsp3) is 0.571. The number of benzene rings is 1. The van der Waals surface area contributed by atoms with E-state index in [1.807, 2.05) is 0 Å². The molecule has 5 heteroatoms. The maximum atomic E-state index is 8.96. The van der Waals surface area contributed by atoms with Gasteiger partial charge in [0, 0.05) is 0 Å². The predicted octanol–water partition coefficient (Wildman–Crippen LogP) is 1.20. The van der Waals surface area contributed by atoms with Crippen LogP contribution in [0.25, 0.3) is 0 Å². The van der Waals surface area contributed by atoms with Crippen LogP contribution in [0, 0.1) is 5.92 Å². The molecule has 0 saturated carbocycles. The van der Waals surface area contributed by atoms with Gasteiger partial charge in [0.25, 0.3) is 0 Å². The van der Waals surface area contributed by atoms with E-state index in [1.54, 1.807) is 24.3 Å². The lowest BCUT2D eigenvalue weighted by Crippen LogP contribution is -2.29. The minimum Gasteiger partial charge on any atom is -0.491 e. The number of hydrogen-bond donors (Lipinski definition) is 2. The molecular weight excluding hydrogens is 243 g/mol. The summed E-state index contributed by atoms with van der Waals surface area (Å²) in [5.41, 5.74) is 0.453. The number of ether oxygens (including phenoxy) is 2. The van der Waals surface area contributed by atoms with Crippen molar-refractivity contribution in [3.05, 3.63) is 24.3 Å². The quantitative estimate of drug-likeness (QED) is 0.548. The summed E-state index contributed by atoms with van der Waals surface area (Å²) >= 11 is 0. The van der Waals surface area contributed by atoms with Gasteiger partial charge in [0.05, 0.1) is 12.7 Å². The third kappa shape index (κ3) is 6.62. The second kappa shape index (κ2) is 8.20. The van der Waals surface area contributed by atoms with Crippen molar-refractivity contribution in [2.75, 3.05) is 13.2 Å². The van der Waals surface area contributed by atoms with Crippen LogP contribution in [0.4, 0.5) is 0 Å². The minimum atomic E-state index is -1.44. The SMILES string of the molecule is CC(C)CC(C)OCCOc1ccc(B(O)O)cc1. The first-order valence-corrected chi connectivity index (χ1v) is 6.69. The fourth-order valence-corrected chi connectivity index (χ4v) is 1.88. The van der Waals surface area contributed by atoms with E-state index in [0.29, 0.717) is 30.3 Å². The lowest BCUT2D eigenvalue weighted by Gasteiger charge is -2.15. The molecule has 19 heavy (non-hydrogen) atoms. The Kier molecular flexibility index (Phi) is 6.91. The molecule has 0 saturated heterocycles. The number of hydrogen-bond acceptors (Lipinski definition) is 4. The van der Waals surface area contributed by atoms with E-state index in [1.165, 1.54) is 0 Å². The van der Waals surface area contributed by atoms with Gasteiger partial charge in [0.2, 0.25) is 0 Å². The normalized spacial score (nSPS) is 12.5. The van der Waals surface area contributed by atoms with Crippen LogP contribution in [-0.4, -0.2) is 36.5 Å². The first-order valence-electron chi connectivity index (χ1n) is 6.69. The van der Waals surface area contributed by atoms with E-state index < -0.39 is 7.12 Å². The van der Waals surface area contributed by atoms with Crippen LogP contribution in [-0.2, 0) is 4.74 Å². The summed E-state index contributed by atoms with van der Waals surface area (Å²) in [6.45, 7) is 7.46. The Morgan fingerprint density at radius 1 is 1.05 bits per heavy atom. The van der Waals surface area contributed by atoms with Crippen LogP contribution < -0.4 is 10.2 Å². The van der Waals surface area contributed by atoms with Gasteiger partial charge >= 0.3 is 7.12 Å². The standard InChI is InChI=1S/C14H23BO4/c1-11(2)10-12(3)18-8-9-19-14-6-4-13(5-7-14)15(16)17/h4-7,11-12,16-17H,8-10H2,1-3H3. The van der Waals surface area contributed by atoms with Crippen molar-refractivity contribution in [1.82, 2.24) is 0 Å². The van der Waals surface area contributed by atoms with Gasteiger partial charge in [-0.2, -0.15) is 0 Å². The smallest absolute Gasteiger partial charge is 0.488 e. The Labute approximate surface area is 115 Å². The lowest BCUT2D eigenvalue weighted by molar-refractivity contribution is 0.0331. The van der Waals surface area contributed by atoms with Gasteiger partial charge in [-0.15, -0.1) is 0 Å². The van der Waals surface area contributed by atoms with Gasteiger partial charge < -0.3 is 19.5 Å². The molecule has 0 spiro atoms. The second-order valence-corrected chi connectivity index (χ2v) is 5.10. The van der Waals surface area contributed by atoms with E-state index in [2.05, 4.69) is 20.8 Å². The van der Waals surface area contributed by atoms with Crippen molar-refractivity contribution in [1.29, 1.82) is 0 Å². The highest BCUT2D eigenvalue weighted by Crippen LogP contribution is 2.09. The molecule has 1 rings (SSSR count). The molecule has 1 aromatic rings. The van der Waals surface area contributed by atoms with E-state index in [4.69, 9.17) is 19.5 Å². The maximum absolute atomic E-state index is 8.96. The molecule has 0 fully saturated rings. The van der Waals surface area contributed by atoms with E-state index in [-0.39, 0.29) is 6.10 Å². The first kappa shape index (κ1) is 16.0. The Hall–Kier alpha value is -1.04. The summed E-state index contributed by atoms with van der Waals surface area (Å²) in [4.78, 5) is 0. The Bertz CT molecular complexity index is 351. The zero-order chi connectivity index (χ0) is 14.3. The van der Waals surface area contributed by atoms with E-state index in [9.17, 15) is 0 Å². The van der Waals surface area contributed by atoms with Crippen LogP contribution in [0.15, 0.2) is 24.3 Å². The van der Waals surface area contributed by atoms with Gasteiger partial charge in [-0.3, -0.25) is 0 Å². The first-order chi connectivity index (χ1) is 8.99. The molecule has 0 aromatic heterocycles. The molecule has 0 aliphatic carbocycles. The minimum absolute atomic E-state index is 0.246. The van der Waals surface area contributed by atoms with Gasteiger partial charge in [-0.25, -0.2) is 0 Å². The maximum Gasteiger partial charge on any atom is 0.488 e. The highest BCUT2D eigenvalue weighted by atomic mass is 16.5. The van der Waals surface area contributed by atoms with Crippen molar-refractivity contribution in [3.8, 4) is 5.75 Å². The Morgan fingerprint density at radius 3 is 2.21 bits per heavy atom. The molecule has 0 radical (unpaired) electrons. The zero-order valence-electron chi connectivity index (χ0n) is 11.9. The van der Waals surface area contributed by atoms with Crippen molar-refractivity contribution in [2.24, 2.45) is 5.92 Å². The van der Waals surface area contributed by atoms with Crippen molar-refractivity contribution >= 4 is 12.6 Å². The second-order valence-electron chi connectivity index (χ2n) is 5.10. The monoisotopic (exact) mass is 266 g/mol. The third-order valence-electron chi connectivity index (χ3n) is 2.74. The molecule has 1 atom stereocenters. The largest absolute Gasteiger partial charge is 0.491 e. The molecule has 0 aliphatic heterocycles. The molecule has 1 aromatic carbocycles. The van der Waals surface area contributed by atoms with Crippen LogP contribution >= 0.6 is 0 Å². The molecular formula is C14H23BO4. The van der Waals surface area contributed by atoms with Gasteiger partial charge in [-0.1, -0.05) is 26.0 Å². The summed E-state index contributed by atoms with van der Waals surface area (Å²) in [5, 5.41) is 17.9. The Balaban J connectivity index is 2.22. The fourth-order valence-electron chi connectivity index (χ4n) is 1.88. The summed E-state index contributed by atoms with van der Waals surface area (Å²) in [6, 6.07) is 6.68. The van der Waals surface area contributed by atoms with Crippen LogP contribution in [0.1, 0.15) is 27.2 Å². The molecule has 0 aliphatic rings. The summed E-state index contributed by atoms with van der Waals surface area (Å²) in [7, 11) is -1.44. The molecule has 1 unspecified atom stereocenters. The van der Waals surface area contributed by atoms with E-state index >= 15 is 0 Å². The third-order valence-corrected chi connectivity index (χ3v) is 2.74. The lowest BCUT2D eigenvalue weighted by atomic mass is 9.80. The molecule has 106 valence electrons. The highest BCUT2D eigenvalue weighted by Gasteiger charge is 2.10. The molecule has 2 N–H and O–H groups in total. The van der Waals surface area contributed by atoms with Crippen molar-refractivity contribution in [2.45, 2.75) is 33.3 Å². The Morgan fingerprint density at radius 2 is 1.68 bits per heavy atom. The van der Waals surface area contributed by atoms with Gasteiger partial charge in [0.1, 0.15) is 12.4 Å². The molecule has 0 bridgehead atoms. The average Bonchev–Trinajstić information content (AvgIpc) is 2.34. The van der Waals surface area contributed by atoms with Crippen LogP contribution in [0.3, 0.4) is 0 Å². The van der Waals surface area contributed by atoms with Gasteiger partial charge in [-0.05, 0) is 36.9 Å². The molecule has 0 amide bonds. The van der Waals surface area contributed by atoms with Crippen molar-refractivity contribution < 1.29 is 19.5 Å². The molecule has 0 heterocycles. The van der Waals surface area contributed by atoms with Crippen LogP contribution in [0.5, 0.6) is 5.75 Å². The summed E-state index contributed by atoms with van der Waals surface area (Å²) in [5.74, 6) is 1.33. The molecule has 4 nitrogen and oxygen atoms in total. The highest BCUT2D eigenvalue weighted by molar-refractivity contribution is 6.58. The topological polar surface area (TPSA) is 58.9 Å². The van der Waals surface area contributed by atoms with Gasteiger partial charge in [0.15, 0.2) is 0 Å². The van der Waals surface area contributed by atoms with Crippen LogP contribution in [0.2, 0.25) is 0 Å². The van der Waals surface area contributed by atoms with E-state index in [0.717, 1.165) is 6.42 Å². The predicted molar refractivity (Wildman–Crippen MR) is 76.6 cm³/mol. The average molecular weight is 266 g/mol. The number of rotatable bonds is 8. The summed E-state index contributed by atoms with van der Waals surface area (Å²) < 4.78 is 11.1. The van der Waals surface area contributed by atoms with Crippen molar-refractivity contribution in [3.63, 3.8) is 0 Å². The summed E-state index contributed by atoms with van der Waals surface area (Å²) in [6.07, 6.45) is 1.29.